The number of aliphatic carboxylic acids is 1. The maximum Gasteiger partial charge on any atom is 0.418 e. The van der Waals surface area contributed by atoms with Gasteiger partial charge in [-0.05, 0) is 42.8 Å². The van der Waals surface area contributed by atoms with Crippen molar-refractivity contribution < 1.29 is 36.6 Å². The Labute approximate surface area is 168 Å². The fourth-order valence-corrected chi connectivity index (χ4v) is 2.95. The fourth-order valence-electron chi connectivity index (χ4n) is 2.95. The summed E-state index contributed by atoms with van der Waals surface area (Å²) >= 11 is 0. The lowest BCUT2D eigenvalue weighted by molar-refractivity contribution is -0.139. The van der Waals surface area contributed by atoms with E-state index in [0.29, 0.717) is 5.69 Å². The number of benzene rings is 2. The molecule has 1 atom stereocenters. The number of ether oxygens (including phenoxy) is 1. The van der Waals surface area contributed by atoms with Gasteiger partial charge in [0, 0.05) is 11.9 Å². The van der Waals surface area contributed by atoms with E-state index in [1.807, 2.05) is 0 Å². The monoisotopic (exact) mass is 425 g/mol. The Bertz CT molecular complexity index is 1040. The Morgan fingerprint density at radius 2 is 1.70 bits per heavy atom. The number of hydrogen-bond donors (Lipinski definition) is 1. The number of rotatable bonds is 6. The highest BCUT2D eigenvalue weighted by Gasteiger charge is 2.36. The van der Waals surface area contributed by atoms with E-state index in [1.165, 1.54) is 17.7 Å². The first kappa shape index (κ1) is 21.4. The van der Waals surface area contributed by atoms with E-state index in [0.717, 1.165) is 18.2 Å². The fraction of sp³-hybridized carbons (Fsp3) is 0.190. The Hall–Kier alpha value is -3.36. The minimum atomic E-state index is -4.70. The molecule has 158 valence electrons. The lowest BCUT2D eigenvalue weighted by atomic mass is 10.0. The number of para-hydroxylation sites is 1. The second kappa shape index (κ2) is 8.17. The molecule has 1 heterocycles. The molecule has 3 rings (SSSR count). The normalized spacial score (nSPS) is 12.6. The van der Waals surface area contributed by atoms with Gasteiger partial charge in [-0.15, -0.1) is 0 Å². The van der Waals surface area contributed by atoms with Crippen LogP contribution in [0.1, 0.15) is 29.7 Å². The molecule has 0 radical (unpaired) electrons. The maximum absolute atomic E-state index is 14.3. The van der Waals surface area contributed by atoms with Crippen molar-refractivity contribution in [2.75, 3.05) is 0 Å². The molecule has 30 heavy (non-hydrogen) atoms. The Kier molecular flexibility index (Phi) is 5.82. The molecule has 2 aromatic carbocycles. The van der Waals surface area contributed by atoms with Gasteiger partial charge < -0.3 is 14.4 Å². The minimum Gasteiger partial charge on any atom is -0.481 e. The van der Waals surface area contributed by atoms with Crippen molar-refractivity contribution in [2.24, 2.45) is 0 Å². The van der Waals surface area contributed by atoms with Gasteiger partial charge >= 0.3 is 12.1 Å². The molecule has 1 N–H and O–H groups in total. The van der Waals surface area contributed by atoms with Crippen molar-refractivity contribution in [3.63, 3.8) is 0 Å². The number of hydrogen-bond acceptors (Lipinski definition) is 2. The average Bonchev–Trinajstić information content (AvgIpc) is 3.11. The third-order valence-electron chi connectivity index (χ3n) is 4.58. The van der Waals surface area contributed by atoms with Crippen molar-refractivity contribution in [1.29, 1.82) is 0 Å². The zero-order chi connectivity index (χ0) is 22.1. The molecule has 0 saturated heterocycles. The number of carbonyl (C=O) groups is 1. The highest BCUT2D eigenvalue weighted by Crippen LogP contribution is 2.35. The van der Waals surface area contributed by atoms with Crippen LogP contribution in [0.5, 0.6) is 5.75 Å². The van der Waals surface area contributed by atoms with E-state index in [-0.39, 0.29) is 11.3 Å². The third kappa shape index (κ3) is 4.29. The van der Waals surface area contributed by atoms with Crippen LogP contribution in [-0.2, 0) is 17.6 Å². The summed E-state index contributed by atoms with van der Waals surface area (Å²) in [6.45, 7) is 0.484. The number of carboxylic acid groups (broad SMARTS) is 1. The number of alkyl halides is 3. The predicted octanol–water partition coefficient (Wildman–Crippen LogP) is 5.54. The molecular formula is C21H16F5NO3. The standard InChI is InChI=1S/C21H16F5NO3/c1-12(20(28)29)13-9-16(22)19(17(23)10-13)30-11-18-15(21(24,25)26)7-8-27(18)14-5-3-2-4-6-14/h2-10,12H,11H2,1H3,(H,28,29). The minimum absolute atomic E-state index is 0.131. The maximum atomic E-state index is 14.3. The van der Waals surface area contributed by atoms with Gasteiger partial charge in [0.2, 0.25) is 0 Å². The average molecular weight is 425 g/mol. The number of nitrogens with zero attached hydrogens (tertiary/aromatic N) is 1. The molecular weight excluding hydrogens is 409 g/mol. The predicted molar refractivity (Wildman–Crippen MR) is 97.5 cm³/mol. The topological polar surface area (TPSA) is 51.5 Å². The summed E-state index contributed by atoms with van der Waals surface area (Å²) in [7, 11) is 0. The lowest BCUT2D eigenvalue weighted by Gasteiger charge is -2.16. The number of aromatic nitrogens is 1. The molecule has 3 aromatic rings. The summed E-state index contributed by atoms with van der Waals surface area (Å²) in [5, 5.41) is 8.98. The van der Waals surface area contributed by atoms with Crippen LogP contribution in [0.25, 0.3) is 5.69 Å². The molecule has 0 aliphatic carbocycles. The van der Waals surface area contributed by atoms with Gasteiger partial charge in [0.25, 0.3) is 0 Å². The molecule has 0 saturated carbocycles. The van der Waals surface area contributed by atoms with Crippen LogP contribution < -0.4 is 4.74 Å². The molecule has 1 unspecified atom stereocenters. The smallest absolute Gasteiger partial charge is 0.418 e. The van der Waals surface area contributed by atoms with E-state index in [4.69, 9.17) is 9.84 Å². The van der Waals surface area contributed by atoms with E-state index < -0.39 is 47.6 Å². The van der Waals surface area contributed by atoms with Gasteiger partial charge in [0.05, 0.1) is 17.2 Å². The summed E-state index contributed by atoms with van der Waals surface area (Å²) in [6.07, 6.45) is -3.50. The third-order valence-corrected chi connectivity index (χ3v) is 4.58. The lowest BCUT2D eigenvalue weighted by Crippen LogP contribution is -2.14. The largest absolute Gasteiger partial charge is 0.481 e. The summed E-state index contributed by atoms with van der Waals surface area (Å²) < 4.78 is 75.2. The van der Waals surface area contributed by atoms with Gasteiger partial charge in [0.15, 0.2) is 17.4 Å². The van der Waals surface area contributed by atoms with E-state index >= 15 is 0 Å². The van der Waals surface area contributed by atoms with E-state index in [1.54, 1.807) is 30.3 Å². The Morgan fingerprint density at radius 1 is 1.10 bits per heavy atom. The van der Waals surface area contributed by atoms with Crippen LogP contribution in [0, 0.1) is 11.6 Å². The van der Waals surface area contributed by atoms with Crippen LogP contribution in [0.2, 0.25) is 0 Å². The van der Waals surface area contributed by atoms with Crippen LogP contribution >= 0.6 is 0 Å². The highest BCUT2D eigenvalue weighted by atomic mass is 19.4. The van der Waals surface area contributed by atoms with Crippen molar-refractivity contribution in [1.82, 2.24) is 4.57 Å². The molecule has 0 fully saturated rings. The molecule has 0 spiro atoms. The summed E-state index contributed by atoms with van der Waals surface area (Å²) in [5.41, 5.74) is -1.05. The SMILES string of the molecule is CC(C(=O)O)c1cc(F)c(OCc2c(C(F)(F)F)ccn2-c2ccccc2)c(F)c1. The van der Waals surface area contributed by atoms with Crippen molar-refractivity contribution in [3.8, 4) is 11.4 Å². The van der Waals surface area contributed by atoms with Gasteiger partial charge in [-0.1, -0.05) is 18.2 Å². The van der Waals surface area contributed by atoms with E-state index in [2.05, 4.69) is 0 Å². The molecule has 1 aromatic heterocycles. The second-order valence-corrected chi connectivity index (χ2v) is 6.54. The first-order chi connectivity index (χ1) is 14.1. The van der Waals surface area contributed by atoms with Gasteiger partial charge in [-0.3, -0.25) is 4.79 Å². The zero-order valence-corrected chi connectivity index (χ0v) is 15.6. The molecule has 4 nitrogen and oxygen atoms in total. The number of carboxylic acids is 1. The summed E-state index contributed by atoms with van der Waals surface area (Å²) in [4.78, 5) is 11.0. The zero-order valence-electron chi connectivity index (χ0n) is 15.6. The summed E-state index contributed by atoms with van der Waals surface area (Å²) in [5.74, 6) is -5.74. The van der Waals surface area contributed by atoms with Crippen LogP contribution in [0.3, 0.4) is 0 Å². The molecule has 0 bridgehead atoms. The molecule has 0 aliphatic rings. The van der Waals surface area contributed by atoms with E-state index in [9.17, 15) is 26.7 Å². The van der Waals surface area contributed by atoms with Gasteiger partial charge in [-0.25, -0.2) is 8.78 Å². The first-order valence-electron chi connectivity index (χ1n) is 8.77. The number of halogens is 5. The second-order valence-electron chi connectivity index (χ2n) is 6.54. The van der Waals surface area contributed by atoms with Crippen molar-refractivity contribution in [3.05, 3.63) is 83.2 Å². The molecule has 0 amide bonds. The van der Waals surface area contributed by atoms with Crippen molar-refractivity contribution in [2.45, 2.75) is 25.6 Å². The molecule has 9 heteroatoms. The van der Waals surface area contributed by atoms with Gasteiger partial charge in [0.1, 0.15) is 6.61 Å². The van der Waals surface area contributed by atoms with Crippen LogP contribution in [0.4, 0.5) is 22.0 Å². The van der Waals surface area contributed by atoms with Crippen LogP contribution in [-0.4, -0.2) is 15.6 Å². The van der Waals surface area contributed by atoms with Crippen molar-refractivity contribution >= 4 is 5.97 Å². The van der Waals surface area contributed by atoms with Crippen LogP contribution in [0.15, 0.2) is 54.7 Å². The molecule has 0 aliphatic heterocycles. The van der Waals surface area contributed by atoms with Gasteiger partial charge in [-0.2, -0.15) is 13.2 Å². The Morgan fingerprint density at radius 3 is 2.23 bits per heavy atom. The quantitative estimate of drug-likeness (QED) is 0.528. The highest BCUT2D eigenvalue weighted by molar-refractivity contribution is 5.75. The summed E-state index contributed by atoms with van der Waals surface area (Å²) in [6, 6.07) is 10.5. The first-order valence-corrected chi connectivity index (χ1v) is 8.77. The Balaban J connectivity index is 1.96.